The van der Waals surface area contributed by atoms with Crippen LogP contribution in [-0.4, -0.2) is 96.7 Å². The molecule has 54 heavy (non-hydrogen) atoms. The fraction of sp³-hybridized carbons (Fsp3) is 0.657. The number of anilines is 1. The van der Waals surface area contributed by atoms with E-state index < -0.39 is 5.56 Å². The number of halogens is 6. The number of H-pyrrole nitrogens is 1. The first kappa shape index (κ1) is 50.3. The van der Waals surface area contributed by atoms with Crippen LogP contribution in [0, 0.1) is 0 Å². The molecule has 2 aliphatic heterocycles. The Kier molecular flexibility index (Phi) is 24.4. The molecule has 2 unspecified atom stereocenters. The van der Waals surface area contributed by atoms with Crippen LogP contribution in [0.3, 0.4) is 0 Å². The Morgan fingerprint density at radius 3 is 1.74 bits per heavy atom. The predicted octanol–water partition coefficient (Wildman–Crippen LogP) is 7.80. The van der Waals surface area contributed by atoms with Crippen LogP contribution in [0.1, 0.15) is 92.2 Å². The molecule has 5 rings (SSSR count). The van der Waals surface area contributed by atoms with Crippen molar-refractivity contribution in [3.8, 4) is 0 Å². The van der Waals surface area contributed by atoms with Gasteiger partial charge in [-0.1, -0.05) is 101 Å². The van der Waals surface area contributed by atoms with Crippen molar-refractivity contribution in [1.82, 2.24) is 39.6 Å². The zero-order valence-electron chi connectivity index (χ0n) is 32.4. The molecule has 0 radical (unpaired) electrons. The molecule has 5 heterocycles. The van der Waals surface area contributed by atoms with Gasteiger partial charge in [0.05, 0.1) is 46.4 Å². The van der Waals surface area contributed by atoms with Gasteiger partial charge in [0.2, 0.25) is 0 Å². The number of likely N-dealkylation sites (N-methyl/N-ethyl adjacent to an activating group) is 2. The van der Waals surface area contributed by atoms with E-state index in [-0.39, 0.29) is 48.3 Å². The third-order valence-corrected chi connectivity index (χ3v) is 9.59. The average molecular weight is 922 g/mol. The van der Waals surface area contributed by atoms with Crippen LogP contribution in [0.15, 0.2) is 33.0 Å². The van der Waals surface area contributed by atoms with E-state index in [1.807, 2.05) is 27.7 Å². The van der Waals surface area contributed by atoms with E-state index >= 15 is 0 Å². The minimum Gasteiger partial charge on any atom is -0.378 e. The summed E-state index contributed by atoms with van der Waals surface area (Å²) in [6.45, 7) is 16.1. The van der Waals surface area contributed by atoms with Crippen molar-refractivity contribution in [2.75, 3.05) is 45.6 Å². The van der Waals surface area contributed by atoms with E-state index in [1.54, 1.807) is 6.20 Å². The molecule has 4 N–H and O–H groups in total. The number of hydrogen-bond donors (Lipinski definition) is 3. The summed E-state index contributed by atoms with van der Waals surface area (Å²) in [6.07, 6.45) is 11.6. The van der Waals surface area contributed by atoms with Crippen molar-refractivity contribution in [3.63, 3.8) is 0 Å². The summed E-state index contributed by atoms with van der Waals surface area (Å²) >= 11 is 31.4. The highest BCUT2D eigenvalue weighted by molar-refractivity contribution is 9.09. The molecule has 2 saturated heterocycles. The average Bonchev–Trinajstić information content (AvgIpc) is 3.42. The number of hydrogen-bond acceptors (Lipinski definition) is 10. The van der Waals surface area contributed by atoms with Crippen LogP contribution in [0.25, 0.3) is 0 Å². The highest BCUT2D eigenvalue weighted by atomic mass is 79.9. The van der Waals surface area contributed by atoms with Crippen LogP contribution in [0.4, 0.5) is 5.69 Å². The van der Waals surface area contributed by atoms with Gasteiger partial charge < -0.3 is 20.9 Å². The lowest BCUT2D eigenvalue weighted by Crippen LogP contribution is -2.34. The molecule has 0 aliphatic carbocycles. The lowest BCUT2D eigenvalue weighted by atomic mass is 10.1. The minimum atomic E-state index is -0.468. The monoisotopic (exact) mass is 918 g/mol. The highest BCUT2D eigenvalue weighted by Gasteiger charge is 2.18. The Morgan fingerprint density at radius 1 is 0.741 bits per heavy atom. The summed E-state index contributed by atoms with van der Waals surface area (Å²) in [5, 5.41) is 17.5. The number of aromatic nitrogens is 6. The van der Waals surface area contributed by atoms with Crippen molar-refractivity contribution in [1.29, 1.82) is 0 Å². The number of alkyl halides is 1. The van der Waals surface area contributed by atoms with Gasteiger partial charge >= 0.3 is 0 Å². The molecule has 0 bridgehead atoms. The molecule has 0 amide bonds. The largest absolute Gasteiger partial charge is 0.378 e. The molecule has 3 aromatic heterocycles. The summed E-state index contributed by atoms with van der Waals surface area (Å²) in [6, 6.07) is 0.749. The Hall–Kier alpha value is -1.75. The molecule has 2 atom stereocenters. The normalized spacial score (nSPS) is 17.7. The van der Waals surface area contributed by atoms with Crippen LogP contribution < -0.4 is 27.7 Å². The molecule has 0 aromatic carbocycles. The minimum absolute atomic E-state index is 0.00716. The summed E-state index contributed by atoms with van der Waals surface area (Å²) in [5.41, 5.74) is 5.39. The zero-order valence-corrected chi connectivity index (χ0v) is 37.8. The lowest BCUT2D eigenvalue weighted by molar-refractivity contribution is 0.333. The Morgan fingerprint density at radius 2 is 1.22 bits per heavy atom. The SMILES string of the molecule is CC(C)Br.CC(C)n1ncc(Cl)c(Cl)c1=O.CC(C)n1ncc(NC2CCCCN(C)C2)c(Cl)c1=O.CN1CCCCC(N)C1.O=c1[nH]ncc(Cl)c1Cl. The summed E-state index contributed by atoms with van der Waals surface area (Å²) in [4.78, 5) is 39.2. The maximum atomic E-state index is 12.1. The Labute approximate surface area is 352 Å². The van der Waals surface area contributed by atoms with Crippen LogP contribution >= 0.6 is 73.9 Å². The number of aromatic amines is 1. The second-order valence-electron chi connectivity index (χ2n) is 13.9. The van der Waals surface area contributed by atoms with Gasteiger partial charge in [-0.3, -0.25) is 14.4 Å². The van der Waals surface area contributed by atoms with Crippen LogP contribution in [0.5, 0.6) is 0 Å². The molecule has 19 heteroatoms. The first-order chi connectivity index (χ1) is 25.3. The van der Waals surface area contributed by atoms with Crippen molar-refractivity contribution in [2.45, 2.75) is 109 Å². The van der Waals surface area contributed by atoms with E-state index in [0.29, 0.717) is 22.6 Å². The lowest BCUT2D eigenvalue weighted by Gasteiger charge is -2.22. The Balaban J connectivity index is 0.000000368. The van der Waals surface area contributed by atoms with Crippen LogP contribution in [0.2, 0.25) is 25.1 Å². The fourth-order valence-electron chi connectivity index (χ4n) is 5.11. The van der Waals surface area contributed by atoms with Crippen LogP contribution in [-0.2, 0) is 0 Å². The molecular formula is C35H56BrCl5N10O3. The van der Waals surface area contributed by atoms with Crippen molar-refractivity contribution >= 4 is 79.6 Å². The van der Waals surface area contributed by atoms with Gasteiger partial charge in [0.25, 0.3) is 16.7 Å². The maximum Gasteiger partial charge on any atom is 0.287 e. The van der Waals surface area contributed by atoms with Gasteiger partial charge in [-0.15, -0.1) is 0 Å². The molecule has 2 aliphatic rings. The van der Waals surface area contributed by atoms with E-state index in [0.717, 1.165) is 26.1 Å². The number of rotatable bonds is 4. The number of nitrogens with zero attached hydrogens (tertiary/aromatic N) is 7. The quantitative estimate of drug-likeness (QED) is 0.221. The summed E-state index contributed by atoms with van der Waals surface area (Å²) < 4.78 is 2.70. The van der Waals surface area contributed by atoms with E-state index in [1.165, 1.54) is 60.4 Å². The predicted molar refractivity (Wildman–Crippen MR) is 230 cm³/mol. The topological polar surface area (TPSA) is 160 Å². The van der Waals surface area contributed by atoms with Gasteiger partial charge in [0.1, 0.15) is 15.1 Å². The van der Waals surface area contributed by atoms with Crippen molar-refractivity contribution in [3.05, 3.63) is 74.8 Å². The first-order valence-corrected chi connectivity index (χ1v) is 20.7. The number of nitrogens with two attached hydrogens (primary N) is 1. The van der Waals surface area contributed by atoms with E-state index in [2.05, 4.69) is 79.4 Å². The van der Waals surface area contributed by atoms with Gasteiger partial charge in [-0.2, -0.15) is 15.3 Å². The third kappa shape index (κ3) is 18.9. The second-order valence-corrected chi connectivity index (χ2v) is 17.6. The molecule has 306 valence electrons. The maximum absolute atomic E-state index is 12.1. The molecule has 0 spiro atoms. The van der Waals surface area contributed by atoms with E-state index in [9.17, 15) is 14.4 Å². The van der Waals surface area contributed by atoms with E-state index in [4.69, 9.17) is 63.7 Å². The molecule has 13 nitrogen and oxygen atoms in total. The molecular weight excluding hydrogens is 866 g/mol. The van der Waals surface area contributed by atoms with Crippen molar-refractivity contribution in [2.24, 2.45) is 5.73 Å². The standard InChI is InChI=1S/C14H23ClN4O.C7H8Cl2N2O.C7H16N2.C4H2Cl2N2O.C3H7Br/c1-10(2)19-14(20)13(15)12(8-16-19)17-11-6-4-5-7-18(3)9-11;1-4(2)11-7(12)6(9)5(8)3-10-11;1-9-5-3-2-4-7(8)6-9;5-2-1-7-8-4(9)3(2)6;1-3(2)4/h8,10-11,17H,4-7,9H2,1-3H3;3-4H,1-2H3;7H,2-6,8H2,1H3;1H,(H,8,9);3H,1-2H3. The smallest absolute Gasteiger partial charge is 0.287 e. The molecule has 3 aromatic rings. The number of likely N-dealkylation sites (tertiary alicyclic amines) is 2. The fourth-order valence-corrected chi connectivity index (χ4v) is 5.78. The Bertz CT molecular complexity index is 1710. The van der Waals surface area contributed by atoms with Gasteiger partial charge in [-0.25, -0.2) is 14.5 Å². The van der Waals surface area contributed by atoms with Crippen molar-refractivity contribution < 1.29 is 0 Å². The van der Waals surface area contributed by atoms with Gasteiger partial charge in [-0.05, 0) is 80.6 Å². The molecule has 2 fully saturated rings. The third-order valence-electron chi connectivity index (χ3n) is 7.72. The summed E-state index contributed by atoms with van der Waals surface area (Å²) in [7, 11) is 4.27. The van der Waals surface area contributed by atoms with Gasteiger partial charge in [0, 0.05) is 30.0 Å². The second kappa shape index (κ2) is 26.2. The summed E-state index contributed by atoms with van der Waals surface area (Å²) in [5.74, 6) is 0. The first-order valence-electron chi connectivity index (χ1n) is 17.9. The highest BCUT2D eigenvalue weighted by Crippen LogP contribution is 2.21. The number of nitrogens with one attached hydrogen (secondary N) is 2. The molecule has 0 saturated carbocycles. The zero-order chi connectivity index (χ0) is 41.1. The van der Waals surface area contributed by atoms with Gasteiger partial charge in [0.15, 0.2) is 0 Å².